The first-order valence-electron chi connectivity index (χ1n) is 6.40. The lowest BCUT2D eigenvalue weighted by Crippen LogP contribution is -2.31. The normalized spacial score (nSPS) is 11.3. The van der Waals surface area contributed by atoms with Crippen LogP contribution in [-0.2, 0) is 4.79 Å². The van der Waals surface area contributed by atoms with Crippen molar-refractivity contribution in [2.24, 2.45) is 5.41 Å². The zero-order valence-electron chi connectivity index (χ0n) is 11.5. The van der Waals surface area contributed by atoms with Crippen LogP contribution in [0.1, 0.15) is 33.6 Å². The van der Waals surface area contributed by atoms with Crippen LogP contribution in [0, 0.1) is 5.41 Å². The molecular formula is C15H23NO2. The van der Waals surface area contributed by atoms with Gasteiger partial charge < -0.3 is 10.0 Å². The molecule has 0 aliphatic rings. The van der Waals surface area contributed by atoms with Crippen molar-refractivity contribution in [2.75, 3.05) is 18.0 Å². The molecule has 100 valence electrons. The fraction of sp³-hybridized carbons (Fsp3) is 0.533. The topological polar surface area (TPSA) is 40.5 Å². The fourth-order valence-corrected chi connectivity index (χ4v) is 1.90. The summed E-state index contributed by atoms with van der Waals surface area (Å²) in [6, 6.07) is 9.74. The minimum atomic E-state index is -0.783. The minimum Gasteiger partial charge on any atom is -0.480 e. The molecule has 3 heteroatoms. The van der Waals surface area contributed by atoms with Crippen molar-refractivity contribution >= 4 is 11.7 Å². The molecule has 0 aliphatic carbocycles. The Hall–Kier alpha value is -1.51. The molecule has 1 rings (SSSR count). The summed E-state index contributed by atoms with van der Waals surface area (Å²) in [5.41, 5.74) is 1.28. The molecule has 1 N–H and O–H groups in total. The standard InChI is InChI=1S/C15H23NO2/c1-15(2,3)10-7-11-16(12-14(17)18)13-8-5-4-6-9-13/h4-6,8-9H,7,10-12H2,1-3H3,(H,17,18). The van der Waals surface area contributed by atoms with Crippen LogP contribution in [0.5, 0.6) is 0 Å². The average molecular weight is 249 g/mol. The van der Waals surface area contributed by atoms with E-state index in [-0.39, 0.29) is 6.54 Å². The molecule has 0 aromatic heterocycles. The van der Waals surface area contributed by atoms with Gasteiger partial charge in [0.15, 0.2) is 0 Å². The van der Waals surface area contributed by atoms with Crippen LogP contribution in [-0.4, -0.2) is 24.2 Å². The number of para-hydroxylation sites is 1. The van der Waals surface area contributed by atoms with Gasteiger partial charge in [0.1, 0.15) is 6.54 Å². The number of benzene rings is 1. The quantitative estimate of drug-likeness (QED) is 0.840. The smallest absolute Gasteiger partial charge is 0.323 e. The Morgan fingerprint density at radius 2 is 1.83 bits per heavy atom. The molecular weight excluding hydrogens is 226 g/mol. The first-order valence-corrected chi connectivity index (χ1v) is 6.40. The molecule has 0 heterocycles. The number of hydrogen-bond donors (Lipinski definition) is 1. The van der Waals surface area contributed by atoms with E-state index in [4.69, 9.17) is 5.11 Å². The van der Waals surface area contributed by atoms with E-state index in [1.807, 2.05) is 35.2 Å². The molecule has 1 aromatic carbocycles. The third-order valence-electron chi connectivity index (χ3n) is 2.80. The third kappa shape index (κ3) is 5.71. The van der Waals surface area contributed by atoms with Gasteiger partial charge in [-0.3, -0.25) is 4.79 Å². The maximum Gasteiger partial charge on any atom is 0.323 e. The van der Waals surface area contributed by atoms with E-state index >= 15 is 0 Å². The summed E-state index contributed by atoms with van der Waals surface area (Å²) in [5.74, 6) is -0.783. The van der Waals surface area contributed by atoms with Gasteiger partial charge in [-0.05, 0) is 30.4 Å². The molecule has 0 radical (unpaired) electrons. The Morgan fingerprint density at radius 1 is 1.22 bits per heavy atom. The largest absolute Gasteiger partial charge is 0.480 e. The van der Waals surface area contributed by atoms with Crippen LogP contribution in [0.25, 0.3) is 0 Å². The Morgan fingerprint density at radius 3 is 2.33 bits per heavy atom. The highest BCUT2D eigenvalue weighted by atomic mass is 16.4. The molecule has 0 unspecified atom stereocenters. The average Bonchev–Trinajstić information content (AvgIpc) is 2.27. The summed E-state index contributed by atoms with van der Waals surface area (Å²) in [4.78, 5) is 12.8. The lowest BCUT2D eigenvalue weighted by molar-refractivity contribution is -0.135. The van der Waals surface area contributed by atoms with Crippen LogP contribution < -0.4 is 4.90 Å². The first kappa shape index (κ1) is 14.6. The van der Waals surface area contributed by atoms with E-state index < -0.39 is 5.97 Å². The number of hydrogen-bond acceptors (Lipinski definition) is 2. The molecule has 0 saturated carbocycles. The molecule has 0 saturated heterocycles. The maximum atomic E-state index is 10.9. The molecule has 1 aromatic rings. The molecule has 3 nitrogen and oxygen atoms in total. The van der Waals surface area contributed by atoms with Gasteiger partial charge in [-0.15, -0.1) is 0 Å². The number of carboxylic acid groups (broad SMARTS) is 1. The van der Waals surface area contributed by atoms with E-state index in [1.165, 1.54) is 0 Å². The second-order valence-electron chi connectivity index (χ2n) is 5.82. The zero-order valence-corrected chi connectivity index (χ0v) is 11.5. The lowest BCUT2D eigenvalue weighted by Gasteiger charge is -2.25. The minimum absolute atomic E-state index is 0.0636. The van der Waals surface area contributed by atoms with E-state index in [2.05, 4.69) is 20.8 Å². The predicted molar refractivity (Wildman–Crippen MR) is 75.0 cm³/mol. The van der Waals surface area contributed by atoms with Crippen molar-refractivity contribution in [2.45, 2.75) is 33.6 Å². The van der Waals surface area contributed by atoms with Gasteiger partial charge in [0, 0.05) is 12.2 Å². The van der Waals surface area contributed by atoms with Gasteiger partial charge in [-0.1, -0.05) is 39.0 Å². The summed E-state index contributed by atoms with van der Waals surface area (Å²) in [5, 5.41) is 8.96. The number of rotatable bonds is 6. The number of aliphatic carboxylic acids is 1. The van der Waals surface area contributed by atoms with E-state index in [0.29, 0.717) is 5.41 Å². The van der Waals surface area contributed by atoms with E-state index in [9.17, 15) is 4.79 Å². The number of nitrogens with zero attached hydrogens (tertiary/aromatic N) is 1. The lowest BCUT2D eigenvalue weighted by atomic mass is 9.90. The van der Waals surface area contributed by atoms with Gasteiger partial charge >= 0.3 is 5.97 Å². The molecule has 0 spiro atoms. The zero-order chi connectivity index (χ0) is 13.6. The molecule has 18 heavy (non-hydrogen) atoms. The van der Waals surface area contributed by atoms with Crippen LogP contribution in [0.3, 0.4) is 0 Å². The van der Waals surface area contributed by atoms with Crippen LogP contribution >= 0.6 is 0 Å². The fourth-order valence-electron chi connectivity index (χ4n) is 1.90. The monoisotopic (exact) mass is 249 g/mol. The highest BCUT2D eigenvalue weighted by Crippen LogP contribution is 2.22. The van der Waals surface area contributed by atoms with Gasteiger partial charge in [-0.25, -0.2) is 0 Å². The molecule has 0 bridgehead atoms. The first-order chi connectivity index (χ1) is 8.38. The second kappa shape index (κ2) is 6.43. The van der Waals surface area contributed by atoms with Crippen molar-refractivity contribution in [1.82, 2.24) is 0 Å². The van der Waals surface area contributed by atoms with Gasteiger partial charge in [0.25, 0.3) is 0 Å². The molecule has 0 atom stereocenters. The summed E-state index contributed by atoms with van der Waals surface area (Å²) < 4.78 is 0. The number of carbonyl (C=O) groups is 1. The van der Waals surface area contributed by atoms with Gasteiger partial charge in [0.05, 0.1) is 0 Å². The van der Waals surface area contributed by atoms with Gasteiger partial charge in [0.2, 0.25) is 0 Å². The molecule has 0 amide bonds. The molecule has 0 fully saturated rings. The van der Waals surface area contributed by atoms with Crippen molar-refractivity contribution < 1.29 is 9.90 Å². The highest BCUT2D eigenvalue weighted by Gasteiger charge is 2.13. The predicted octanol–water partition coefficient (Wildman–Crippen LogP) is 3.40. The summed E-state index contributed by atoms with van der Waals surface area (Å²) in [6.07, 6.45) is 2.10. The summed E-state index contributed by atoms with van der Waals surface area (Å²) in [7, 11) is 0. The van der Waals surface area contributed by atoms with Crippen LogP contribution in [0.2, 0.25) is 0 Å². The maximum absolute atomic E-state index is 10.9. The Bertz CT molecular complexity index is 368. The summed E-state index contributed by atoms with van der Waals surface area (Å²) in [6.45, 7) is 7.47. The third-order valence-corrected chi connectivity index (χ3v) is 2.80. The second-order valence-corrected chi connectivity index (χ2v) is 5.82. The Labute approximate surface area is 109 Å². The Kier molecular flexibility index (Phi) is 5.20. The van der Waals surface area contributed by atoms with Crippen molar-refractivity contribution in [3.05, 3.63) is 30.3 Å². The van der Waals surface area contributed by atoms with E-state index in [1.54, 1.807) is 0 Å². The summed E-state index contributed by atoms with van der Waals surface area (Å²) >= 11 is 0. The Balaban J connectivity index is 2.60. The molecule has 0 aliphatic heterocycles. The highest BCUT2D eigenvalue weighted by molar-refractivity contribution is 5.73. The number of carboxylic acids is 1. The number of anilines is 1. The van der Waals surface area contributed by atoms with Crippen molar-refractivity contribution in [3.8, 4) is 0 Å². The van der Waals surface area contributed by atoms with Crippen molar-refractivity contribution in [1.29, 1.82) is 0 Å². The van der Waals surface area contributed by atoms with E-state index in [0.717, 1.165) is 25.1 Å². The van der Waals surface area contributed by atoms with Crippen molar-refractivity contribution in [3.63, 3.8) is 0 Å². The van der Waals surface area contributed by atoms with Gasteiger partial charge in [-0.2, -0.15) is 0 Å². The van der Waals surface area contributed by atoms with Crippen LogP contribution in [0.15, 0.2) is 30.3 Å². The SMILES string of the molecule is CC(C)(C)CCCN(CC(=O)O)c1ccccc1. The van der Waals surface area contributed by atoms with Crippen LogP contribution in [0.4, 0.5) is 5.69 Å².